The summed E-state index contributed by atoms with van der Waals surface area (Å²) < 4.78 is 11.3. The molecule has 0 aliphatic carbocycles. The van der Waals surface area contributed by atoms with Crippen LogP contribution in [0.3, 0.4) is 0 Å². The van der Waals surface area contributed by atoms with E-state index in [1.54, 1.807) is 7.11 Å². The first kappa shape index (κ1) is 19.8. The molecule has 0 amide bonds. The SMILES string of the molecule is CCCCCCOc1cc(OC)ccc1CC(C(=O)O)c1ccccc1. The Balaban J connectivity index is 2.16. The van der Waals surface area contributed by atoms with Gasteiger partial charge in [0.15, 0.2) is 0 Å². The molecule has 1 unspecified atom stereocenters. The summed E-state index contributed by atoms with van der Waals surface area (Å²) in [5, 5.41) is 9.69. The maximum atomic E-state index is 11.8. The second-order valence-corrected chi connectivity index (χ2v) is 6.39. The van der Waals surface area contributed by atoms with Crippen LogP contribution >= 0.6 is 0 Å². The summed E-state index contributed by atoms with van der Waals surface area (Å²) in [6, 6.07) is 14.9. The molecule has 140 valence electrons. The van der Waals surface area contributed by atoms with Gasteiger partial charge >= 0.3 is 5.97 Å². The van der Waals surface area contributed by atoms with E-state index in [9.17, 15) is 9.90 Å². The molecule has 0 saturated carbocycles. The quantitative estimate of drug-likeness (QED) is 0.571. The first-order valence-corrected chi connectivity index (χ1v) is 9.23. The van der Waals surface area contributed by atoms with Crippen molar-refractivity contribution in [2.75, 3.05) is 13.7 Å². The van der Waals surface area contributed by atoms with Gasteiger partial charge in [-0.25, -0.2) is 0 Å². The minimum Gasteiger partial charge on any atom is -0.497 e. The molecule has 0 spiro atoms. The summed E-state index contributed by atoms with van der Waals surface area (Å²) in [6.45, 7) is 2.81. The van der Waals surface area contributed by atoms with Gasteiger partial charge in [-0.15, -0.1) is 0 Å². The van der Waals surface area contributed by atoms with Crippen molar-refractivity contribution in [2.45, 2.75) is 44.9 Å². The van der Waals surface area contributed by atoms with Crippen molar-refractivity contribution in [3.05, 3.63) is 59.7 Å². The number of carboxylic acid groups (broad SMARTS) is 1. The fourth-order valence-electron chi connectivity index (χ4n) is 2.93. The highest BCUT2D eigenvalue weighted by atomic mass is 16.5. The van der Waals surface area contributed by atoms with E-state index in [-0.39, 0.29) is 0 Å². The molecule has 1 atom stereocenters. The van der Waals surface area contributed by atoms with Crippen molar-refractivity contribution in [1.82, 2.24) is 0 Å². The Kier molecular flexibility index (Phi) is 8.00. The van der Waals surface area contributed by atoms with E-state index in [4.69, 9.17) is 9.47 Å². The number of rotatable bonds is 11. The minimum absolute atomic E-state index is 0.383. The Bertz CT molecular complexity index is 682. The minimum atomic E-state index is -0.832. The Hall–Kier alpha value is -2.49. The van der Waals surface area contributed by atoms with E-state index in [2.05, 4.69) is 6.92 Å². The molecule has 0 aromatic heterocycles. The van der Waals surface area contributed by atoms with Crippen molar-refractivity contribution < 1.29 is 19.4 Å². The fourth-order valence-corrected chi connectivity index (χ4v) is 2.93. The van der Waals surface area contributed by atoms with Gasteiger partial charge in [0.2, 0.25) is 0 Å². The predicted octanol–water partition coefficient (Wildman–Crippen LogP) is 5.07. The normalized spacial score (nSPS) is 11.8. The van der Waals surface area contributed by atoms with Crippen LogP contribution in [0.15, 0.2) is 48.5 Å². The van der Waals surface area contributed by atoms with E-state index >= 15 is 0 Å². The lowest BCUT2D eigenvalue weighted by Crippen LogP contribution is -2.15. The van der Waals surface area contributed by atoms with Gasteiger partial charge in [-0.05, 0) is 30.0 Å². The lowest BCUT2D eigenvalue weighted by Gasteiger charge is -2.17. The van der Waals surface area contributed by atoms with Crippen LogP contribution in [0.25, 0.3) is 0 Å². The molecule has 2 rings (SSSR count). The first-order chi connectivity index (χ1) is 12.7. The summed E-state index contributed by atoms with van der Waals surface area (Å²) in [4.78, 5) is 11.8. The molecule has 0 heterocycles. The van der Waals surface area contributed by atoms with E-state index in [0.29, 0.717) is 24.5 Å². The maximum absolute atomic E-state index is 11.8. The summed E-state index contributed by atoms with van der Waals surface area (Å²) in [7, 11) is 1.62. The highest BCUT2D eigenvalue weighted by Gasteiger charge is 2.22. The first-order valence-electron chi connectivity index (χ1n) is 9.23. The monoisotopic (exact) mass is 356 g/mol. The Morgan fingerprint density at radius 1 is 1.08 bits per heavy atom. The van der Waals surface area contributed by atoms with Crippen molar-refractivity contribution in [1.29, 1.82) is 0 Å². The zero-order valence-corrected chi connectivity index (χ0v) is 15.6. The van der Waals surface area contributed by atoms with Crippen LogP contribution in [0.5, 0.6) is 11.5 Å². The van der Waals surface area contributed by atoms with Gasteiger partial charge < -0.3 is 14.6 Å². The Morgan fingerprint density at radius 3 is 2.50 bits per heavy atom. The van der Waals surface area contributed by atoms with Gasteiger partial charge in [0.25, 0.3) is 0 Å². The molecule has 4 nitrogen and oxygen atoms in total. The molecule has 0 saturated heterocycles. The predicted molar refractivity (Wildman–Crippen MR) is 103 cm³/mol. The number of unbranched alkanes of at least 4 members (excludes halogenated alkanes) is 3. The van der Waals surface area contributed by atoms with Gasteiger partial charge in [-0.2, -0.15) is 0 Å². The van der Waals surface area contributed by atoms with Crippen LogP contribution in [0.4, 0.5) is 0 Å². The molecular formula is C22H28O4. The molecule has 0 fully saturated rings. The summed E-state index contributed by atoms with van der Waals surface area (Å²) in [6.07, 6.45) is 4.89. The van der Waals surface area contributed by atoms with Crippen LogP contribution in [0, 0.1) is 0 Å². The van der Waals surface area contributed by atoms with Gasteiger partial charge in [0.1, 0.15) is 11.5 Å². The molecule has 0 bridgehead atoms. The van der Waals surface area contributed by atoms with Crippen LogP contribution in [0.1, 0.15) is 49.7 Å². The highest BCUT2D eigenvalue weighted by Crippen LogP contribution is 2.30. The largest absolute Gasteiger partial charge is 0.497 e. The summed E-state index contributed by atoms with van der Waals surface area (Å²) >= 11 is 0. The standard InChI is InChI=1S/C22H28O4/c1-3-4-5-9-14-26-21-16-19(25-2)13-12-18(21)15-20(22(23)24)17-10-7-6-8-11-17/h6-8,10-13,16,20H,3-5,9,14-15H2,1-2H3,(H,23,24). The van der Waals surface area contributed by atoms with E-state index in [0.717, 1.165) is 24.0 Å². The van der Waals surface area contributed by atoms with Crippen molar-refractivity contribution in [3.8, 4) is 11.5 Å². The average molecular weight is 356 g/mol. The number of hydrogen-bond donors (Lipinski definition) is 1. The van der Waals surface area contributed by atoms with Crippen LogP contribution in [-0.4, -0.2) is 24.8 Å². The second kappa shape index (κ2) is 10.5. The molecule has 4 heteroatoms. The summed E-state index contributed by atoms with van der Waals surface area (Å²) in [5.41, 5.74) is 1.68. The second-order valence-electron chi connectivity index (χ2n) is 6.39. The van der Waals surface area contributed by atoms with Gasteiger partial charge in [-0.3, -0.25) is 4.79 Å². The number of benzene rings is 2. The Labute approximate surface area is 155 Å². The molecule has 1 N–H and O–H groups in total. The van der Waals surface area contributed by atoms with Crippen LogP contribution in [-0.2, 0) is 11.2 Å². The van der Waals surface area contributed by atoms with E-state index < -0.39 is 11.9 Å². The van der Waals surface area contributed by atoms with Crippen LogP contribution < -0.4 is 9.47 Å². The number of hydrogen-bond acceptors (Lipinski definition) is 3. The molecule has 0 radical (unpaired) electrons. The molecule has 26 heavy (non-hydrogen) atoms. The third-order valence-electron chi connectivity index (χ3n) is 4.45. The van der Waals surface area contributed by atoms with Gasteiger partial charge in [-0.1, -0.05) is 62.6 Å². The number of methoxy groups -OCH3 is 1. The number of ether oxygens (including phenoxy) is 2. The smallest absolute Gasteiger partial charge is 0.311 e. The van der Waals surface area contributed by atoms with E-state index in [1.165, 1.54) is 12.8 Å². The van der Waals surface area contributed by atoms with Crippen molar-refractivity contribution >= 4 is 5.97 Å². The topological polar surface area (TPSA) is 55.8 Å². The number of carboxylic acids is 1. The maximum Gasteiger partial charge on any atom is 0.311 e. The van der Waals surface area contributed by atoms with Crippen molar-refractivity contribution in [3.63, 3.8) is 0 Å². The van der Waals surface area contributed by atoms with Crippen LogP contribution in [0.2, 0.25) is 0 Å². The molecule has 2 aromatic rings. The lowest BCUT2D eigenvalue weighted by molar-refractivity contribution is -0.138. The average Bonchev–Trinajstić information content (AvgIpc) is 2.67. The van der Waals surface area contributed by atoms with Crippen molar-refractivity contribution in [2.24, 2.45) is 0 Å². The number of aliphatic carboxylic acids is 1. The summed E-state index contributed by atoms with van der Waals surface area (Å²) in [5.74, 6) is -0.0140. The zero-order chi connectivity index (χ0) is 18.8. The Morgan fingerprint density at radius 2 is 1.85 bits per heavy atom. The van der Waals surface area contributed by atoms with Gasteiger partial charge in [0, 0.05) is 6.07 Å². The van der Waals surface area contributed by atoms with E-state index in [1.807, 2.05) is 48.5 Å². The third-order valence-corrected chi connectivity index (χ3v) is 4.45. The third kappa shape index (κ3) is 5.80. The molecular weight excluding hydrogens is 328 g/mol. The van der Waals surface area contributed by atoms with Gasteiger partial charge in [0.05, 0.1) is 19.6 Å². The zero-order valence-electron chi connectivity index (χ0n) is 15.6. The lowest BCUT2D eigenvalue weighted by atomic mass is 9.91. The fraction of sp³-hybridized carbons (Fsp3) is 0.409. The highest BCUT2D eigenvalue weighted by molar-refractivity contribution is 5.76. The molecule has 2 aromatic carbocycles. The number of carbonyl (C=O) groups is 1. The molecule has 0 aliphatic rings. The molecule has 0 aliphatic heterocycles.